The largest absolute Gasteiger partial charge is 0.481 e. The van der Waals surface area contributed by atoms with E-state index in [1.165, 1.54) is 0 Å². The molecule has 1 fully saturated rings. The van der Waals surface area contributed by atoms with E-state index in [-0.39, 0.29) is 11.8 Å². The Morgan fingerprint density at radius 1 is 1.33 bits per heavy atom. The van der Waals surface area contributed by atoms with Gasteiger partial charge >= 0.3 is 5.97 Å². The number of hydrogen-bond donors (Lipinski definition) is 1. The lowest BCUT2D eigenvalue weighted by molar-refractivity contribution is -0.149. The number of carbonyl (C=O) groups is 2. The molecular formula is C16H22N2O3. The Hall–Kier alpha value is -1.91. The highest BCUT2D eigenvalue weighted by Gasteiger charge is 2.39. The molecule has 5 nitrogen and oxygen atoms in total. The van der Waals surface area contributed by atoms with Crippen LogP contribution in [0.2, 0.25) is 0 Å². The van der Waals surface area contributed by atoms with Gasteiger partial charge in [-0.1, -0.05) is 12.5 Å². The Labute approximate surface area is 125 Å². The summed E-state index contributed by atoms with van der Waals surface area (Å²) in [4.78, 5) is 30.0. The lowest BCUT2D eigenvalue weighted by atomic mass is 9.94. The molecule has 0 saturated heterocycles. The van der Waals surface area contributed by atoms with Crippen molar-refractivity contribution >= 4 is 11.9 Å². The van der Waals surface area contributed by atoms with Gasteiger partial charge in [-0.05, 0) is 38.8 Å². The Morgan fingerprint density at radius 2 is 2.05 bits per heavy atom. The van der Waals surface area contributed by atoms with Crippen LogP contribution >= 0.6 is 0 Å². The fourth-order valence-corrected chi connectivity index (χ4v) is 3.01. The molecule has 1 aliphatic carbocycles. The van der Waals surface area contributed by atoms with Crippen LogP contribution in [0.4, 0.5) is 0 Å². The molecule has 1 heterocycles. The summed E-state index contributed by atoms with van der Waals surface area (Å²) in [5.41, 5.74) is 1.76. The van der Waals surface area contributed by atoms with Gasteiger partial charge in [0, 0.05) is 12.2 Å². The van der Waals surface area contributed by atoms with Crippen molar-refractivity contribution in [2.24, 2.45) is 11.8 Å². The van der Waals surface area contributed by atoms with Crippen LogP contribution in [0.5, 0.6) is 0 Å². The molecule has 2 unspecified atom stereocenters. The summed E-state index contributed by atoms with van der Waals surface area (Å²) in [7, 11) is 0. The van der Waals surface area contributed by atoms with Crippen molar-refractivity contribution in [1.82, 2.24) is 9.88 Å². The summed E-state index contributed by atoms with van der Waals surface area (Å²) < 4.78 is 0. The smallest absolute Gasteiger partial charge is 0.307 e. The maximum Gasteiger partial charge on any atom is 0.307 e. The Bertz CT molecular complexity index is 530. The van der Waals surface area contributed by atoms with Gasteiger partial charge in [-0.3, -0.25) is 14.6 Å². The number of aliphatic carboxylic acids is 1. The number of hydrogen-bond acceptors (Lipinski definition) is 3. The van der Waals surface area contributed by atoms with E-state index < -0.39 is 11.9 Å². The summed E-state index contributed by atoms with van der Waals surface area (Å²) in [5, 5.41) is 9.23. The average molecular weight is 290 g/mol. The van der Waals surface area contributed by atoms with E-state index >= 15 is 0 Å². The van der Waals surface area contributed by atoms with Gasteiger partial charge in [0.25, 0.3) is 0 Å². The Balaban J connectivity index is 2.10. The van der Waals surface area contributed by atoms with Gasteiger partial charge in [0.15, 0.2) is 0 Å². The molecule has 0 aromatic carbocycles. The number of amides is 1. The maximum absolute atomic E-state index is 12.6. The van der Waals surface area contributed by atoms with Gasteiger partial charge in [-0.2, -0.15) is 0 Å². The van der Waals surface area contributed by atoms with Crippen LogP contribution in [-0.4, -0.2) is 33.4 Å². The predicted octanol–water partition coefficient (Wildman–Crippen LogP) is 2.24. The normalized spacial score (nSPS) is 21.2. The first kappa shape index (κ1) is 15.5. The third-order valence-corrected chi connectivity index (χ3v) is 4.14. The van der Waals surface area contributed by atoms with E-state index in [0.29, 0.717) is 25.9 Å². The molecule has 0 radical (unpaired) electrons. The number of carbonyl (C=O) groups excluding carboxylic acids is 1. The number of carboxylic acid groups (broad SMARTS) is 1. The van der Waals surface area contributed by atoms with Crippen LogP contribution < -0.4 is 0 Å². The van der Waals surface area contributed by atoms with E-state index in [4.69, 9.17) is 0 Å². The molecule has 0 aliphatic heterocycles. The van der Waals surface area contributed by atoms with Gasteiger partial charge in [0.05, 0.1) is 24.1 Å². The molecule has 21 heavy (non-hydrogen) atoms. The van der Waals surface area contributed by atoms with Gasteiger partial charge in [-0.15, -0.1) is 0 Å². The summed E-state index contributed by atoms with van der Waals surface area (Å²) in [6.07, 6.45) is 2.09. The second-order valence-electron chi connectivity index (χ2n) is 5.60. The maximum atomic E-state index is 12.6. The van der Waals surface area contributed by atoms with Crippen molar-refractivity contribution in [2.45, 2.75) is 39.7 Å². The van der Waals surface area contributed by atoms with E-state index in [2.05, 4.69) is 4.98 Å². The molecule has 2 atom stereocenters. The van der Waals surface area contributed by atoms with Gasteiger partial charge in [0.1, 0.15) is 0 Å². The molecule has 1 N–H and O–H groups in total. The molecule has 0 bridgehead atoms. The summed E-state index contributed by atoms with van der Waals surface area (Å²) >= 11 is 0. The molecule has 0 spiro atoms. The average Bonchev–Trinajstić information content (AvgIpc) is 2.93. The molecule has 1 amide bonds. The fourth-order valence-electron chi connectivity index (χ4n) is 3.01. The summed E-state index contributed by atoms with van der Waals surface area (Å²) in [5.74, 6) is -1.81. The minimum Gasteiger partial charge on any atom is -0.481 e. The quantitative estimate of drug-likeness (QED) is 0.903. The van der Waals surface area contributed by atoms with Crippen LogP contribution in [-0.2, 0) is 16.1 Å². The van der Waals surface area contributed by atoms with E-state index in [1.54, 1.807) is 4.90 Å². The van der Waals surface area contributed by atoms with Gasteiger partial charge in [-0.25, -0.2) is 0 Å². The lowest BCUT2D eigenvalue weighted by Gasteiger charge is -2.26. The van der Waals surface area contributed by atoms with Crippen molar-refractivity contribution in [1.29, 1.82) is 0 Å². The number of aryl methyl sites for hydroxylation is 1. The number of aromatic nitrogens is 1. The summed E-state index contributed by atoms with van der Waals surface area (Å²) in [6.45, 7) is 4.84. The second-order valence-corrected chi connectivity index (χ2v) is 5.60. The highest BCUT2D eigenvalue weighted by molar-refractivity contribution is 5.85. The molecule has 1 aliphatic rings. The highest BCUT2D eigenvalue weighted by Crippen LogP contribution is 2.33. The molecule has 5 heteroatoms. The topological polar surface area (TPSA) is 70.5 Å². The predicted molar refractivity (Wildman–Crippen MR) is 78.5 cm³/mol. The van der Waals surface area contributed by atoms with Crippen LogP contribution in [0.15, 0.2) is 18.2 Å². The van der Waals surface area contributed by atoms with Crippen LogP contribution in [0, 0.1) is 18.8 Å². The zero-order chi connectivity index (χ0) is 15.4. The number of carboxylic acids is 1. The van der Waals surface area contributed by atoms with Crippen molar-refractivity contribution in [3.63, 3.8) is 0 Å². The van der Waals surface area contributed by atoms with Crippen molar-refractivity contribution in [3.05, 3.63) is 29.6 Å². The third-order valence-electron chi connectivity index (χ3n) is 4.14. The van der Waals surface area contributed by atoms with E-state index in [9.17, 15) is 14.7 Å². The number of pyridine rings is 1. The minimum absolute atomic E-state index is 0.0503. The van der Waals surface area contributed by atoms with Crippen LogP contribution in [0.25, 0.3) is 0 Å². The van der Waals surface area contributed by atoms with Gasteiger partial charge in [0.2, 0.25) is 5.91 Å². The SMILES string of the molecule is CCN(Cc1cccc(C)n1)C(=O)C1CCCC1C(=O)O. The third kappa shape index (κ3) is 3.60. The molecule has 1 aromatic heterocycles. The van der Waals surface area contributed by atoms with Crippen molar-refractivity contribution in [3.8, 4) is 0 Å². The summed E-state index contributed by atoms with van der Waals surface area (Å²) in [6, 6.07) is 5.73. The van der Waals surface area contributed by atoms with Crippen LogP contribution in [0.3, 0.4) is 0 Å². The van der Waals surface area contributed by atoms with Gasteiger partial charge < -0.3 is 10.0 Å². The monoisotopic (exact) mass is 290 g/mol. The Kier molecular flexibility index (Phi) is 4.94. The molecule has 1 aromatic rings. The molecule has 1 saturated carbocycles. The molecular weight excluding hydrogens is 268 g/mol. The molecule has 2 rings (SSSR count). The number of rotatable bonds is 5. The standard InChI is InChI=1S/C16H22N2O3/c1-3-18(10-12-7-4-6-11(2)17-12)15(19)13-8-5-9-14(13)16(20)21/h4,6-7,13-14H,3,5,8-10H2,1-2H3,(H,20,21). The Morgan fingerprint density at radius 3 is 2.67 bits per heavy atom. The molecule has 114 valence electrons. The zero-order valence-corrected chi connectivity index (χ0v) is 12.6. The van der Waals surface area contributed by atoms with E-state index in [1.807, 2.05) is 32.0 Å². The minimum atomic E-state index is -0.851. The first-order valence-electron chi connectivity index (χ1n) is 7.47. The van der Waals surface area contributed by atoms with Crippen molar-refractivity contribution < 1.29 is 14.7 Å². The van der Waals surface area contributed by atoms with Crippen molar-refractivity contribution in [2.75, 3.05) is 6.54 Å². The fraction of sp³-hybridized carbons (Fsp3) is 0.562. The first-order valence-corrected chi connectivity index (χ1v) is 7.47. The number of nitrogens with zero attached hydrogens (tertiary/aromatic N) is 2. The van der Waals surface area contributed by atoms with E-state index in [0.717, 1.165) is 17.8 Å². The highest BCUT2D eigenvalue weighted by atomic mass is 16.4. The van der Waals surface area contributed by atoms with Crippen LogP contribution in [0.1, 0.15) is 37.6 Å². The zero-order valence-electron chi connectivity index (χ0n) is 12.6. The lowest BCUT2D eigenvalue weighted by Crippen LogP contribution is -2.39. The second kappa shape index (κ2) is 6.70. The first-order chi connectivity index (χ1) is 10.0.